The van der Waals surface area contributed by atoms with Crippen molar-refractivity contribution in [3.05, 3.63) is 52.4 Å². The van der Waals surface area contributed by atoms with Gasteiger partial charge >= 0.3 is 5.97 Å². The summed E-state index contributed by atoms with van der Waals surface area (Å²) in [5.74, 6) is -2.19. The summed E-state index contributed by atoms with van der Waals surface area (Å²) in [5.41, 5.74) is 0.213. The van der Waals surface area contributed by atoms with Crippen molar-refractivity contribution >= 4 is 16.9 Å². The van der Waals surface area contributed by atoms with E-state index in [1.54, 1.807) is 30.3 Å². The number of carbonyl (C=O) groups is 1. The second-order valence-corrected chi connectivity index (χ2v) is 5.99. The maximum absolute atomic E-state index is 13.1. The van der Waals surface area contributed by atoms with Gasteiger partial charge in [0.1, 0.15) is 16.7 Å². The van der Waals surface area contributed by atoms with Crippen LogP contribution in [0.5, 0.6) is 17.2 Å². The van der Waals surface area contributed by atoms with Crippen molar-refractivity contribution in [3.63, 3.8) is 0 Å². The lowest BCUT2D eigenvalue weighted by Crippen LogP contribution is -2.10. The predicted octanol–water partition coefficient (Wildman–Crippen LogP) is 3.07. The van der Waals surface area contributed by atoms with Gasteiger partial charge < -0.3 is 24.5 Å². The molecular weight excluding hydrogens is 352 g/mol. The lowest BCUT2D eigenvalue weighted by molar-refractivity contribution is -0.140. The largest absolute Gasteiger partial charge is 0.504 e. The van der Waals surface area contributed by atoms with E-state index < -0.39 is 22.7 Å². The van der Waals surface area contributed by atoms with Crippen molar-refractivity contribution in [2.75, 3.05) is 7.11 Å². The molecule has 3 aromatic rings. The number of methoxy groups -OCH3 is 1. The van der Waals surface area contributed by atoms with Crippen molar-refractivity contribution in [1.29, 1.82) is 0 Å². The van der Waals surface area contributed by atoms with Crippen LogP contribution in [0.4, 0.5) is 0 Å². The number of aromatic hydroxyl groups is 3. The fourth-order valence-corrected chi connectivity index (χ4v) is 2.92. The molecule has 7 nitrogen and oxygen atoms in total. The summed E-state index contributed by atoms with van der Waals surface area (Å²) >= 11 is 0. The molecule has 0 unspecified atom stereocenters. The van der Waals surface area contributed by atoms with Crippen molar-refractivity contribution < 1.29 is 29.3 Å². The molecule has 0 aliphatic rings. The molecule has 0 aliphatic carbocycles. The molecular formula is C20H18O7. The SMILES string of the molecule is COC(=O)CCCc1oc2cc(O)c(O)c(O)c2c(=O)c1-c1ccccc1. The molecule has 0 saturated carbocycles. The van der Waals surface area contributed by atoms with Crippen LogP contribution in [0.3, 0.4) is 0 Å². The number of benzene rings is 2. The van der Waals surface area contributed by atoms with Gasteiger partial charge in [0.05, 0.1) is 12.7 Å². The molecule has 0 saturated heterocycles. The van der Waals surface area contributed by atoms with Crippen LogP contribution < -0.4 is 5.43 Å². The van der Waals surface area contributed by atoms with E-state index in [2.05, 4.69) is 4.74 Å². The van der Waals surface area contributed by atoms with Crippen LogP contribution in [0, 0.1) is 0 Å². The molecule has 1 heterocycles. The topological polar surface area (TPSA) is 117 Å². The van der Waals surface area contributed by atoms with Gasteiger partial charge in [-0.3, -0.25) is 9.59 Å². The number of aryl methyl sites for hydroxylation is 1. The Morgan fingerprint density at radius 3 is 2.48 bits per heavy atom. The van der Waals surface area contributed by atoms with E-state index in [9.17, 15) is 24.9 Å². The summed E-state index contributed by atoms with van der Waals surface area (Å²) in [7, 11) is 1.30. The first-order valence-electron chi connectivity index (χ1n) is 8.29. The van der Waals surface area contributed by atoms with Crippen molar-refractivity contribution in [2.24, 2.45) is 0 Å². The first kappa shape index (κ1) is 18.3. The van der Waals surface area contributed by atoms with Crippen LogP contribution in [0.1, 0.15) is 18.6 Å². The number of ether oxygens (including phenoxy) is 1. The van der Waals surface area contributed by atoms with Crippen molar-refractivity contribution in [2.45, 2.75) is 19.3 Å². The standard InChI is InChI=1S/C20H18O7/c1-26-15(22)9-5-8-13-16(11-6-3-2-4-7-11)19(24)17-14(27-13)10-12(21)18(23)20(17)25/h2-4,6-7,10,21,23,25H,5,8-9H2,1H3. The summed E-state index contributed by atoms with van der Waals surface area (Å²) in [4.78, 5) is 24.4. The Morgan fingerprint density at radius 2 is 1.81 bits per heavy atom. The number of phenols is 3. The van der Waals surface area contributed by atoms with Crippen molar-refractivity contribution in [3.8, 4) is 28.4 Å². The molecule has 7 heteroatoms. The molecule has 0 radical (unpaired) electrons. The maximum atomic E-state index is 13.1. The monoisotopic (exact) mass is 370 g/mol. The molecule has 0 aliphatic heterocycles. The number of hydrogen-bond donors (Lipinski definition) is 3. The quantitative estimate of drug-likeness (QED) is 0.467. The number of rotatable bonds is 5. The summed E-state index contributed by atoms with van der Waals surface area (Å²) < 4.78 is 10.4. The minimum absolute atomic E-state index is 0.0550. The zero-order chi connectivity index (χ0) is 19.6. The normalized spacial score (nSPS) is 10.9. The third-order valence-electron chi connectivity index (χ3n) is 4.26. The Bertz CT molecular complexity index is 1050. The highest BCUT2D eigenvalue weighted by molar-refractivity contribution is 5.91. The van der Waals surface area contributed by atoms with Gasteiger partial charge in [-0.05, 0) is 12.0 Å². The highest BCUT2D eigenvalue weighted by atomic mass is 16.5. The van der Waals surface area contributed by atoms with Crippen LogP contribution in [0.25, 0.3) is 22.1 Å². The van der Waals surface area contributed by atoms with E-state index >= 15 is 0 Å². The molecule has 27 heavy (non-hydrogen) atoms. The molecule has 0 bridgehead atoms. The van der Waals surface area contributed by atoms with Crippen LogP contribution >= 0.6 is 0 Å². The van der Waals surface area contributed by atoms with Gasteiger partial charge in [0.25, 0.3) is 0 Å². The van der Waals surface area contributed by atoms with Crippen molar-refractivity contribution in [1.82, 2.24) is 0 Å². The molecule has 3 rings (SSSR count). The maximum Gasteiger partial charge on any atom is 0.305 e. The summed E-state index contributed by atoms with van der Waals surface area (Å²) in [6.07, 6.45) is 0.808. The molecule has 0 atom stereocenters. The Morgan fingerprint density at radius 1 is 1.11 bits per heavy atom. The third kappa shape index (κ3) is 3.44. The predicted molar refractivity (Wildman–Crippen MR) is 97.9 cm³/mol. The second-order valence-electron chi connectivity index (χ2n) is 5.99. The smallest absolute Gasteiger partial charge is 0.305 e. The van der Waals surface area contributed by atoms with Crippen LogP contribution in [0.15, 0.2) is 45.6 Å². The van der Waals surface area contributed by atoms with Crippen LogP contribution in [0.2, 0.25) is 0 Å². The number of carbonyl (C=O) groups excluding carboxylic acids is 1. The second kappa shape index (κ2) is 7.41. The van der Waals surface area contributed by atoms with E-state index in [1.165, 1.54) is 7.11 Å². The minimum atomic E-state index is -0.785. The first-order chi connectivity index (χ1) is 12.9. The molecule has 3 N–H and O–H groups in total. The average Bonchev–Trinajstić information content (AvgIpc) is 2.66. The third-order valence-corrected chi connectivity index (χ3v) is 4.26. The van der Waals surface area contributed by atoms with Gasteiger partial charge in [0, 0.05) is 18.9 Å². The zero-order valence-corrected chi connectivity index (χ0v) is 14.6. The molecule has 0 fully saturated rings. The average molecular weight is 370 g/mol. The van der Waals surface area contributed by atoms with Gasteiger partial charge in [-0.2, -0.15) is 0 Å². The molecule has 2 aromatic carbocycles. The van der Waals surface area contributed by atoms with E-state index in [-0.39, 0.29) is 35.3 Å². The lowest BCUT2D eigenvalue weighted by atomic mass is 9.99. The fourth-order valence-electron chi connectivity index (χ4n) is 2.92. The van der Waals surface area contributed by atoms with Gasteiger partial charge in [-0.15, -0.1) is 0 Å². The Kier molecular flexibility index (Phi) is 5.03. The van der Waals surface area contributed by atoms with Gasteiger partial charge in [0.15, 0.2) is 11.5 Å². The Labute approximate surface area is 154 Å². The molecule has 1 aromatic heterocycles. The Balaban J connectivity index is 2.21. The Hall–Kier alpha value is -3.48. The summed E-state index contributed by atoms with van der Waals surface area (Å²) in [6.45, 7) is 0. The number of phenolic OH excluding ortho intramolecular Hbond substituents is 3. The van der Waals surface area contributed by atoms with E-state index in [4.69, 9.17) is 4.42 Å². The zero-order valence-electron chi connectivity index (χ0n) is 14.6. The highest BCUT2D eigenvalue weighted by Gasteiger charge is 2.22. The summed E-state index contributed by atoms with van der Waals surface area (Å²) in [6, 6.07) is 9.82. The van der Waals surface area contributed by atoms with E-state index in [0.717, 1.165) is 6.07 Å². The van der Waals surface area contributed by atoms with E-state index in [0.29, 0.717) is 17.7 Å². The molecule has 0 amide bonds. The summed E-state index contributed by atoms with van der Waals surface area (Å²) in [5, 5.41) is 29.4. The van der Waals surface area contributed by atoms with Gasteiger partial charge in [-0.25, -0.2) is 0 Å². The number of esters is 1. The fraction of sp³-hybridized carbons (Fsp3) is 0.200. The van der Waals surface area contributed by atoms with Gasteiger partial charge in [0.2, 0.25) is 11.2 Å². The molecule has 140 valence electrons. The van der Waals surface area contributed by atoms with Crippen LogP contribution in [-0.2, 0) is 16.0 Å². The minimum Gasteiger partial charge on any atom is -0.504 e. The van der Waals surface area contributed by atoms with E-state index in [1.807, 2.05) is 0 Å². The van der Waals surface area contributed by atoms with Gasteiger partial charge in [-0.1, -0.05) is 30.3 Å². The number of hydrogen-bond acceptors (Lipinski definition) is 7. The highest BCUT2D eigenvalue weighted by Crippen LogP contribution is 2.41. The lowest BCUT2D eigenvalue weighted by Gasteiger charge is -2.12. The molecule has 0 spiro atoms. The van der Waals surface area contributed by atoms with Crippen LogP contribution in [-0.4, -0.2) is 28.4 Å². The first-order valence-corrected chi connectivity index (χ1v) is 8.29. The number of fused-ring (bicyclic) bond motifs is 1.